The first-order valence-electron chi connectivity index (χ1n) is 20.9. The Hall–Kier alpha value is -7.00. The van der Waals surface area contributed by atoms with Crippen LogP contribution in [0.1, 0.15) is 45.2 Å². The number of benzene rings is 5. The second-order valence-corrected chi connectivity index (χ2v) is 18.3. The number of nitrogens with zero attached hydrogens (tertiary/aromatic N) is 4. The van der Waals surface area contributed by atoms with Crippen LogP contribution in [-0.2, 0) is 36.0 Å². The molecule has 2 aromatic heterocycles. The fourth-order valence-electron chi connectivity index (χ4n) is 7.88. The molecule has 14 heteroatoms. The number of ether oxygens (including phenoxy) is 1. The van der Waals surface area contributed by atoms with E-state index in [-0.39, 0.29) is 22.2 Å². The van der Waals surface area contributed by atoms with Gasteiger partial charge in [-0.1, -0.05) is 157 Å². The second kappa shape index (κ2) is 19.8. The number of nitrogens with one attached hydrogen (secondary N) is 1. The number of nitrogen functional groups attached to an aromatic ring is 1. The number of hydrogen-bond acceptors (Lipinski definition) is 12. The van der Waals surface area contributed by atoms with E-state index in [1.807, 2.05) is 164 Å². The first-order chi connectivity index (χ1) is 31.9. The van der Waals surface area contributed by atoms with E-state index in [0.717, 1.165) is 56.0 Å². The van der Waals surface area contributed by atoms with Gasteiger partial charge in [-0.25, -0.2) is 9.78 Å². The van der Waals surface area contributed by atoms with Gasteiger partial charge >= 0.3 is 5.97 Å². The van der Waals surface area contributed by atoms with Crippen molar-refractivity contribution < 1.29 is 24.0 Å². The molecule has 1 fully saturated rings. The minimum Gasteiger partial charge on any atom is -0.448 e. The molecule has 65 heavy (non-hydrogen) atoms. The Kier molecular flexibility index (Phi) is 13.2. The highest BCUT2D eigenvalue weighted by Crippen LogP contribution is 2.45. The Balaban J connectivity index is 1.03. The van der Waals surface area contributed by atoms with Crippen LogP contribution in [0.2, 0.25) is 0 Å². The van der Waals surface area contributed by atoms with Gasteiger partial charge < -0.3 is 20.6 Å². The molecular formula is C51H42N6O5S3. The van der Waals surface area contributed by atoms with Crippen molar-refractivity contribution in [2.45, 2.75) is 29.5 Å². The summed E-state index contributed by atoms with van der Waals surface area (Å²) in [5, 5.41) is 8.79. The predicted octanol–water partition coefficient (Wildman–Crippen LogP) is 8.75. The van der Waals surface area contributed by atoms with Crippen LogP contribution in [0, 0.1) is 0 Å². The molecule has 3 N–H and O–H groups in total. The third-order valence-corrected chi connectivity index (χ3v) is 14.3. The van der Waals surface area contributed by atoms with Gasteiger partial charge in [0.2, 0.25) is 5.60 Å². The topological polar surface area (TPSA) is 149 Å². The number of pyridine rings is 1. The van der Waals surface area contributed by atoms with E-state index in [0.29, 0.717) is 11.5 Å². The third-order valence-electron chi connectivity index (χ3n) is 11.1. The van der Waals surface area contributed by atoms with Gasteiger partial charge in [0.05, 0.1) is 0 Å². The molecule has 1 saturated heterocycles. The van der Waals surface area contributed by atoms with Crippen molar-refractivity contribution in [1.82, 2.24) is 20.2 Å². The Morgan fingerprint density at radius 3 is 1.86 bits per heavy atom. The van der Waals surface area contributed by atoms with Crippen molar-refractivity contribution in [2.24, 2.45) is 5.16 Å². The number of carbonyl (C=O) groups excluding carboxylic acids is 3. The van der Waals surface area contributed by atoms with Crippen LogP contribution in [-0.4, -0.2) is 61.3 Å². The van der Waals surface area contributed by atoms with E-state index in [2.05, 4.69) is 20.4 Å². The molecule has 0 aliphatic carbocycles. The average molecular weight is 915 g/mol. The molecule has 0 spiro atoms. The molecule has 9 rings (SSSR count). The molecule has 324 valence electrons. The Morgan fingerprint density at radius 2 is 1.34 bits per heavy atom. The minimum atomic E-state index is -1.30. The fraction of sp³-hybridized carbons (Fsp3) is 0.137. The number of thioether (sulfide) groups is 2. The number of thiazole rings is 1. The van der Waals surface area contributed by atoms with Gasteiger partial charge in [0.25, 0.3) is 11.8 Å². The smallest absolute Gasteiger partial charge is 0.356 e. The zero-order chi connectivity index (χ0) is 44.6. The van der Waals surface area contributed by atoms with Gasteiger partial charge in [-0.05, 0) is 35.2 Å². The Labute approximate surface area is 388 Å². The molecule has 4 heterocycles. The highest BCUT2D eigenvalue weighted by Gasteiger charge is 2.55. The summed E-state index contributed by atoms with van der Waals surface area (Å²) in [5.41, 5.74) is 9.97. The largest absolute Gasteiger partial charge is 0.448 e. The minimum absolute atomic E-state index is 0.170. The molecule has 2 aliphatic heterocycles. The summed E-state index contributed by atoms with van der Waals surface area (Å²) in [7, 11) is 0. The van der Waals surface area contributed by atoms with Crippen LogP contribution in [0.5, 0.6) is 0 Å². The number of esters is 1. The molecule has 0 bridgehead atoms. The van der Waals surface area contributed by atoms with Crippen LogP contribution >= 0.6 is 34.9 Å². The quantitative estimate of drug-likeness (QED) is 0.0317. The number of carbonyl (C=O) groups is 3. The van der Waals surface area contributed by atoms with Crippen molar-refractivity contribution in [1.29, 1.82) is 0 Å². The molecule has 2 aliphatic rings. The van der Waals surface area contributed by atoms with Crippen LogP contribution in [0.3, 0.4) is 0 Å². The van der Waals surface area contributed by atoms with Crippen molar-refractivity contribution in [3.63, 3.8) is 0 Å². The Morgan fingerprint density at radius 1 is 0.800 bits per heavy atom. The SMILES string of the molecule is Nc1nc(/C(=N/OC(c2ccccc2)(c2ccccc2)c2ccccc2)C(=O)N[C@@H]2C(=O)N3C(C(=O)OC(c4ccccc4)c4ccccc4)=C(SCCc4ccncc4)CS[C@H]23)cs1. The third kappa shape index (κ3) is 9.19. The molecule has 0 saturated carbocycles. The van der Waals surface area contributed by atoms with Gasteiger partial charge in [-0.3, -0.25) is 19.5 Å². The van der Waals surface area contributed by atoms with Crippen LogP contribution in [0.15, 0.2) is 197 Å². The van der Waals surface area contributed by atoms with Crippen LogP contribution in [0.4, 0.5) is 5.13 Å². The number of anilines is 1. The van der Waals surface area contributed by atoms with Crippen molar-refractivity contribution in [3.8, 4) is 0 Å². The normalized spacial score (nSPS) is 16.1. The maximum absolute atomic E-state index is 14.6. The highest BCUT2D eigenvalue weighted by atomic mass is 32.2. The molecule has 11 nitrogen and oxygen atoms in total. The van der Waals surface area contributed by atoms with Gasteiger partial charge in [-0.2, -0.15) is 0 Å². The van der Waals surface area contributed by atoms with Gasteiger partial charge in [-0.15, -0.1) is 34.9 Å². The zero-order valence-electron chi connectivity index (χ0n) is 34.8. The lowest BCUT2D eigenvalue weighted by atomic mass is 9.80. The molecule has 7 aromatic rings. The summed E-state index contributed by atoms with van der Waals surface area (Å²) in [4.78, 5) is 61.2. The van der Waals surface area contributed by atoms with Crippen molar-refractivity contribution >= 4 is 63.5 Å². The average Bonchev–Trinajstić information content (AvgIpc) is 3.80. The molecule has 0 radical (unpaired) electrons. The highest BCUT2D eigenvalue weighted by molar-refractivity contribution is 8.06. The number of β-lactam (4-membered cyclic amide) rings is 1. The van der Waals surface area contributed by atoms with E-state index >= 15 is 0 Å². The van der Waals surface area contributed by atoms with Crippen LogP contribution < -0.4 is 11.1 Å². The van der Waals surface area contributed by atoms with Crippen LogP contribution in [0.25, 0.3) is 0 Å². The van der Waals surface area contributed by atoms with E-state index in [1.54, 1.807) is 17.8 Å². The lowest BCUT2D eigenvalue weighted by Crippen LogP contribution is -2.71. The first kappa shape index (κ1) is 43.3. The van der Waals surface area contributed by atoms with E-state index in [9.17, 15) is 14.4 Å². The molecule has 2 amide bonds. The van der Waals surface area contributed by atoms with E-state index in [1.165, 1.54) is 28.4 Å². The standard InChI is InChI=1S/C51H42N6O5S3/c52-50-54-40(32-65-50)42(56-62-51(37-20-10-3-11-21-37,38-22-12-4-13-23-38)39-24-14-5-15-25-39)46(58)55-43-47(59)57-44(41(33-64-48(43)57)63-31-28-34-26-29-53-30-27-34)49(60)61-45(35-16-6-1-7-17-35)36-18-8-2-9-19-36/h1-27,29-30,32,43,45,48H,28,31,33H2,(H2,52,54)(H,55,58)/b56-42-/t43-,48-/m1/s1. The summed E-state index contributed by atoms with van der Waals surface area (Å²) in [6, 6.07) is 50.9. The number of nitrogens with two attached hydrogens (primary N) is 1. The van der Waals surface area contributed by atoms with E-state index in [4.69, 9.17) is 15.3 Å². The summed E-state index contributed by atoms with van der Waals surface area (Å²) in [6.45, 7) is 0. The number of aromatic nitrogens is 2. The number of rotatable bonds is 16. The molecule has 2 atom stereocenters. The predicted molar refractivity (Wildman–Crippen MR) is 257 cm³/mol. The second-order valence-electron chi connectivity index (χ2n) is 15.1. The van der Waals surface area contributed by atoms with Gasteiger partial charge in [0.1, 0.15) is 22.8 Å². The fourth-order valence-corrected chi connectivity index (χ4v) is 11.1. The molecule has 0 unspecified atom stereocenters. The summed E-state index contributed by atoms with van der Waals surface area (Å²) in [6.07, 6.45) is 3.49. The first-order valence-corrected chi connectivity index (χ1v) is 23.8. The lowest BCUT2D eigenvalue weighted by molar-refractivity contribution is -0.154. The summed E-state index contributed by atoms with van der Waals surface area (Å²) >= 11 is 4.13. The van der Waals surface area contributed by atoms with Crippen molar-refractivity contribution in [3.05, 3.63) is 231 Å². The maximum Gasteiger partial charge on any atom is 0.356 e. The Bertz CT molecular complexity index is 2680. The number of oxime groups is 1. The number of hydrogen-bond donors (Lipinski definition) is 2. The summed E-state index contributed by atoms with van der Waals surface area (Å²) < 4.78 is 6.38. The van der Waals surface area contributed by atoms with Gasteiger partial charge in [0.15, 0.2) is 16.9 Å². The summed E-state index contributed by atoms with van der Waals surface area (Å²) in [5.74, 6) is -0.734. The van der Waals surface area contributed by atoms with Gasteiger partial charge in [0, 0.05) is 50.9 Å². The lowest BCUT2D eigenvalue weighted by Gasteiger charge is -2.49. The number of fused-ring (bicyclic) bond motifs is 1. The number of amides is 2. The molecular weight excluding hydrogens is 873 g/mol. The molecule has 5 aromatic carbocycles. The van der Waals surface area contributed by atoms with E-state index < -0.39 is 40.9 Å². The maximum atomic E-state index is 14.6. The zero-order valence-corrected chi connectivity index (χ0v) is 37.3. The number of aryl methyl sites for hydroxylation is 1. The van der Waals surface area contributed by atoms with Crippen molar-refractivity contribution in [2.75, 3.05) is 17.2 Å². The monoisotopic (exact) mass is 914 g/mol.